The van der Waals surface area contributed by atoms with Crippen molar-refractivity contribution in [1.29, 1.82) is 0 Å². The number of aromatic nitrogens is 6. The first-order chi connectivity index (χ1) is 13.9. The van der Waals surface area contributed by atoms with E-state index in [9.17, 15) is 0 Å². The molecule has 0 amide bonds. The van der Waals surface area contributed by atoms with Crippen LogP contribution in [0.15, 0.2) is 97.3 Å². The summed E-state index contributed by atoms with van der Waals surface area (Å²) in [5.74, 6) is 0. The van der Waals surface area contributed by atoms with Crippen LogP contribution in [0, 0.1) is 0 Å². The molecular weight excluding hydrogens is 348 g/mol. The van der Waals surface area contributed by atoms with Crippen molar-refractivity contribution in [3.63, 3.8) is 0 Å². The fraction of sp³-hybridized carbons (Fsp3) is 0. The lowest BCUT2D eigenvalue weighted by atomic mass is 10.1. The summed E-state index contributed by atoms with van der Waals surface area (Å²) in [6.07, 6.45) is 3.54. The van der Waals surface area contributed by atoms with E-state index in [0.29, 0.717) is 0 Å². The van der Waals surface area contributed by atoms with E-state index in [1.807, 2.05) is 94.3 Å². The zero-order chi connectivity index (χ0) is 18.8. The standard InChI is InChI=1S/C22H16N6/c1-3-8-17(9-4-1)21-15-23-25-27(21)19-12-7-13-20(14-19)28-22(16-24-26-28)18-10-5-2-6-11-18/h1-16H. The Morgan fingerprint density at radius 2 is 0.964 bits per heavy atom. The van der Waals surface area contributed by atoms with Crippen LogP contribution in [-0.4, -0.2) is 30.0 Å². The molecule has 28 heavy (non-hydrogen) atoms. The molecule has 0 bridgehead atoms. The molecule has 5 aromatic rings. The van der Waals surface area contributed by atoms with Crippen LogP contribution in [0.5, 0.6) is 0 Å². The van der Waals surface area contributed by atoms with Gasteiger partial charge in [0.1, 0.15) is 0 Å². The van der Waals surface area contributed by atoms with Crippen molar-refractivity contribution in [2.75, 3.05) is 0 Å². The Morgan fingerprint density at radius 1 is 0.500 bits per heavy atom. The van der Waals surface area contributed by atoms with E-state index >= 15 is 0 Å². The zero-order valence-corrected chi connectivity index (χ0v) is 14.9. The fourth-order valence-electron chi connectivity index (χ4n) is 3.22. The van der Waals surface area contributed by atoms with Gasteiger partial charge in [0, 0.05) is 11.1 Å². The number of nitrogens with zero attached hydrogens (tertiary/aromatic N) is 6. The fourth-order valence-corrected chi connectivity index (χ4v) is 3.22. The summed E-state index contributed by atoms with van der Waals surface area (Å²) in [6, 6.07) is 28.2. The van der Waals surface area contributed by atoms with Crippen molar-refractivity contribution in [3.8, 4) is 33.9 Å². The van der Waals surface area contributed by atoms with E-state index in [1.54, 1.807) is 12.4 Å². The number of hydrogen-bond donors (Lipinski definition) is 0. The summed E-state index contributed by atoms with van der Waals surface area (Å²) in [5, 5.41) is 16.8. The predicted molar refractivity (Wildman–Crippen MR) is 107 cm³/mol. The Kier molecular flexibility index (Phi) is 3.99. The molecule has 0 aliphatic carbocycles. The summed E-state index contributed by atoms with van der Waals surface area (Å²) < 4.78 is 3.66. The monoisotopic (exact) mass is 364 g/mol. The summed E-state index contributed by atoms with van der Waals surface area (Å²) in [4.78, 5) is 0. The van der Waals surface area contributed by atoms with Crippen LogP contribution in [-0.2, 0) is 0 Å². The largest absolute Gasteiger partial charge is 0.213 e. The van der Waals surface area contributed by atoms with Crippen molar-refractivity contribution < 1.29 is 0 Å². The molecule has 0 atom stereocenters. The van der Waals surface area contributed by atoms with Gasteiger partial charge >= 0.3 is 0 Å². The van der Waals surface area contributed by atoms with Gasteiger partial charge < -0.3 is 0 Å². The highest BCUT2D eigenvalue weighted by Crippen LogP contribution is 2.25. The average molecular weight is 364 g/mol. The Morgan fingerprint density at radius 3 is 1.43 bits per heavy atom. The first-order valence-electron chi connectivity index (χ1n) is 8.93. The van der Waals surface area contributed by atoms with Crippen molar-refractivity contribution >= 4 is 0 Å². The van der Waals surface area contributed by atoms with E-state index in [0.717, 1.165) is 33.9 Å². The summed E-state index contributed by atoms with van der Waals surface area (Å²) in [6.45, 7) is 0. The van der Waals surface area contributed by atoms with E-state index in [4.69, 9.17) is 0 Å². The first kappa shape index (κ1) is 16.1. The van der Waals surface area contributed by atoms with Gasteiger partial charge in [0.15, 0.2) is 0 Å². The van der Waals surface area contributed by atoms with Crippen molar-refractivity contribution in [1.82, 2.24) is 30.0 Å². The molecule has 6 nitrogen and oxygen atoms in total. The van der Waals surface area contributed by atoms with Gasteiger partial charge in [0.25, 0.3) is 0 Å². The summed E-state index contributed by atoms with van der Waals surface area (Å²) in [7, 11) is 0. The second-order valence-corrected chi connectivity index (χ2v) is 6.31. The molecule has 0 aliphatic heterocycles. The molecule has 0 spiro atoms. The van der Waals surface area contributed by atoms with Crippen LogP contribution in [0.4, 0.5) is 0 Å². The molecule has 0 saturated carbocycles. The van der Waals surface area contributed by atoms with Crippen LogP contribution in [0.2, 0.25) is 0 Å². The van der Waals surface area contributed by atoms with Gasteiger partial charge in [-0.1, -0.05) is 77.2 Å². The van der Waals surface area contributed by atoms with Crippen LogP contribution in [0.1, 0.15) is 0 Å². The zero-order valence-electron chi connectivity index (χ0n) is 14.9. The Balaban J connectivity index is 1.59. The Bertz CT molecular complexity index is 1120. The molecule has 134 valence electrons. The highest BCUT2D eigenvalue weighted by Gasteiger charge is 2.12. The quantitative estimate of drug-likeness (QED) is 0.480. The smallest absolute Gasteiger partial charge is 0.0944 e. The van der Waals surface area contributed by atoms with Crippen molar-refractivity contribution in [2.45, 2.75) is 0 Å². The molecule has 0 aliphatic rings. The molecule has 2 heterocycles. The molecule has 0 fully saturated rings. The van der Waals surface area contributed by atoms with Crippen molar-refractivity contribution in [3.05, 3.63) is 97.3 Å². The maximum atomic E-state index is 4.29. The van der Waals surface area contributed by atoms with Gasteiger partial charge in [-0.15, -0.1) is 10.2 Å². The molecule has 3 aromatic carbocycles. The van der Waals surface area contributed by atoms with E-state index in [1.165, 1.54) is 0 Å². The SMILES string of the molecule is c1ccc(-c2cnnn2-c2cccc(-n3nncc3-c3ccccc3)c2)cc1. The Labute approximate surface area is 161 Å². The number of hydrogen-bond acceptors (Lipinski definition) is 4. The number of rotatable bonds is 4. The maximum Gasteiger partial charge on any atom is 0.0944 e. The Hall–Kier alpha value is -4.06. The second-order valence-electron chi connectivity index (χ2n) is 6.31. The molecule has 0 N–H and O–H groups in total. The normalized spacial score (nSPS) is 10.9. The summed E-state index contributed by atoms with van der Waals surface area (Å²) in [5.41, 5.74) is 5.79. The first-order valence-corrected chi connectivity index (χ1v) is 8.93. The van der Waals surface area contributed by atoms with Gasteiger partial charge in [0.05, 0.1) is 35.2 Å². The lowest BCUT2D eigenvalue weighted by Crippen LogP contribution is -2.03. The predicted octanol–water partition coefficient (Wildman–Crippen LogP) is 4.18. The maximum absolute atomic E-state index is 4.29. The third kappa shape index (κ3) is 2.87. The van der Waals surface area contributed by atoms with Crippen LogP contribution in [0.25, 0.3) is 33.9 Å². The molecule has 5 rings (SSSR count). The minimum atomic E-state index is 0.906. The summed E-state index contributed by atoms with van der Waals surface area (Å²) >= 11 is 0. The molecule has 6 heteroatoms. The molecule has 0 unspecified atom stereocenters. The number of benzene rings is 3. The van der Waals surface area contributed by atoms with E-state index < -0.39 is 0 Å². The van der Waals surface area contributed by atoms with Gasteiger partial charge in [-0.2, -0.15) is 0 Å². The molecule has 0 radical (unpaired) electrons. The van der Waals surface area contributed by atoms with Gasteiger partial charge in [-0.05, 0) is 18.2 Å². The van der Waals surface area contributed by atoms with Gasteiger partial charge in [-0.25, -0.2) is 9.36 Å². The van der Waals surface area contributed by atoms with E-state index in [-0.39, 0.29) is 0 Å². The lowest BCUT2D eigenvalue weighted by Gasteiger charge is -2.10. The van der Waals surface area contributed by atoms with Gasteiger partial charge in [0.2, 0.25) is 0 Å². The topological polar surface area (TPSA) is 61.4 Å². The molecular formula is C22H16N6. The average Bonchev–Trinajstić information content (AvgIpc) is 3.45. The second kappa shape index (κ2) is 6.92. The van der Waals surface area contributed by atoms with Crippen LogP contribution in [0.3, 0.4) is 0 Å². The lowest BCUT2D eigenvalue weighted by molar-refractivity contribution is 0.791. The third-order valence-electron chi connectivity index (χ3n) is 4.56. The highest BCUT2D eigenvalue weighted by atomic mass is 15.4. The molecule has 2 aromatic heterocycles. The van der Waals surface area contributed by atoms with Crippen molar-refractivity contribution in [2.24, 2.45) is 0 Å². The minimum absolute atomic E-state index is 0.906. The van der Waals surface area contributed by atoms with Crippen LogP contribution >= 0.6 is 0 Å². The van der Waals surface area contributed by atoms with Gasteiger partial charge in [-0.3, -0.25) is 0 Å². The minimum Gasteiger partial charge on any atom is -0.213 e. The third-order valence-corrected chi connectivity index (χ3v) is 4.56. The van der Waals surface area contributed by atoms with Crippen LogP contribution < -0.4 is 0 Å². The highest BCUT2D eigenvalue weighted by molar-refractivity contribution is 5.63. The van der Waals surface area contributed by atoms with E-state index in [2.05, 4.69) is 20.6 Å². The molecule has 0 saturated heterocycles.